The van der Waals surface area contributed by atoms with Gasteiger partial charge in [-0.1, -0.05) is 24.6 Å². The normalized spacial score (nSPS) is 11.9. The van der Waals surface area contributed by atoms with E-state index in [0.717, 1.165) is 39.3 Å². The molecule has 0 bridgehead atoms. The average Bonchev–Trinajstić information content (AvgIpc) is 3.09. The van der Waals surface area contributed by atoms with Crippen LogP contribution in [0.2, 0.25) is 0 Å². The van der Waals surface area contributed by atoms with Crippen LogP contribution in [0, 0.1) is 6.92 Å². The standard InChI is InChI=1S/C24H32N6O2/c1-14-7-8-18(24(31)32-6)19(9-14)15(2)10-16-11-17(12-28-22(16)25)21-20(13-26-3)29-30(5)23(21)27-4/h7-9,11-12,15,26-27H,10,13H2,1-6H3,(H2,25,28). The zero-order valence-corrected chi connectivity index (χ0v) is 19.6. The number of nitrogens with two attached hydrogens (primary N) is 1. The molecular weight excluding hydrogens is 404 g/mol. The Kier molecular flexibility index (Phi) is 7.15. The Hall–Kier alpha value is -3.39. The van der Waals surface area contributed by atoms with Crippen LogP contribution in [-0.4, -0.2) is 41.9 Å². The molecule has 32 heavy (non-hydrogen) atoms. The highest BCUT2D eigenvalue weighted by molar-refractivity contribution is 5.91. The summed E-state index contributed by atoms with van der Waals surface area (Å²) in [6.45, 7) is 4.73. The van der Waals surface area contributed by atoms with E-state index in [2.05, 4.69) is 33.7 Å². The lowest BCUT2D eigenvalue weighted by atomic mass is 9.88. The molecule has 2 heterocycles. The summed E-state index contributed by atoms with van der Waals surface area (Å²) in [7, 11) is 7.09. The molecule has 0 saturated carbocycles. The van der Waals surface area contributed by atoms with Gasteiger partial charge in [-0.3, -0.25) is 4.68 Å². The first-order valence-corrected chi connectivity index (χ1v) is 10.6. The second-order valence-electron chi connectivity index (χ2n) is 8.03. The van der Waals surface area contributed by atoms with Crippen LogP contribution in [0.3, 0.4) is 0 Å². The number of ether oxygens (including phenoxy) is 1. The number of anilines is 2. The molecule has 8 heteroatoms. The molecule has 0 fully saturated rings. The monoisotopic (exact) mass is 436 g/mol. The minimum Gasteiger partial charge on any atom is -0.465 e. The molecule has 1 atom stereocenters. The number of aromatic nitrogens is 3. The van der Waals surface area contributed by atoms with E-state index in [1.54, 1.807) is 6.20 Å². The molecule has 0 aliphatic carbocycles. The first-order chi connectivity index (χ1) is 15.3. The fraction of sp³-hybridized carbons (Fsp3) is 0.375. The van der Waals surface area contributed by atoms with E-state index in [1.165, 1.54) is 7.11 Å². The molecule has 8 nitrogen and oxygen atoms in total. The van der Waals surface area contributed by atoms with Crippen molar-refractivity contribution in [3.05, 3.63) is 58.4 Å². The Morgan fingerprint density at radius 2 is 2.03 bits per heavy atom. The van der Waals surface area contributed by atoms with E-state index in [4.69, 9.17) is 10.5 Å². The summed E-state index contributed by atoms with van der Waals surface area (Å²) in [5.41, 5.74) is 12.7. The lowest BCUT2D eigenvalue weighted by molar-refractivity contribution is 0.0599. The summed E-state index contributed by atoms with van der Waals surface area (Å²) >= 11 is 0. The van der Waals surface area contributed by atoms with Crippen LogP contribution >= 0.6 is 0 Å². The Balaban J connectivity index is 2.02. The van der Waals surface area contributed by atoms with Gasteiger partial charge in [0.05, 0.1) is 18.4 Å². The van der Waals surface area contributed by atoms with E-state index in [1.807, 2.05) is 50.9 Å². The summed E-state index contributed by atoms with van der Waals surface area (Å²) in [6, 6.07) is 7.85. The summed E-state index contributed by atoms with van der Waals surface area (Å²) in [5, 5.41) is 11.0. The summed E-state index contributed by atoms with van der Waals surface area (Å²) in [4.78, 5) is 16.8. The zero-order chi connectivity index (χ0) is 23.4. The van der Waals surface area contributed by atoms with Gasteiger partial charge in [0.1, 0.15) is 11.6 Å². The van der Waals surface area contributed by atoms with Gasteiger partial charge in [0.2, 0.25) is 0 Å². The van der Waals surface area contributed by atoms with Crippen molar-refractivity contribution < 1.29 is 9.53 Å². The zero-order valence-electron chi connectivity index (χ0n) is 19.6. The summed E-state index contributed by atoms with van der Waals surface area (Å²) < 4.78 is 6.81. The molecule has 2 aromatic heterocycles. The second kappa shape index (κ2) is 9.82. The van der Waals surface area contributed by atoms with Crippen molar-refractivity contribution in [1.29, 1.82) is 0 Å². The molecule has 0 saturated heterocycles. The maximum Gasteiger partial charge on any atom is 0.338 e. The third-order valence-electron chi connectivity index (χ3n) is 5.66. The Labute approximate surface area is 189 Å². The number of esters is 1. The predicted molar refractivity (Wildman–Crippen MR) is 128 cm³/mol. The number of hydrogen-bond donors (Lipinski definition) is 3. The number of carbonyl (C=O) groups is 1. The van der Waals surface area contributed by atoms with Gasteiger partial charge in [-0.2, -0.15) is 5.10 Å². The third-order valence-corrected chi connectivity index (χ3v) is 5.66. The molecular formula is C24H32N6O2. The number of benzene rings is 1. The average molecular weight is 437 g/mol. The molecule has 0 spiro atoms. The summed E-state index contributed by atoms with van der Waals surface area (Å²) in [6.07, 6.45) is 2.42. The number of nitrogens with zero attached hydrogens (tertiary/aromatic N) is 3. The first kappa shape index (κ1) is 23.3. The second-order valence-corrected chi connectivity index (χ2v) is 8.03. The number of methoxy groups -OCH3 is 1. The van der Waals surface area contributed by atoms with Crippen LogP contribution in [0.25, 0.3) is 11.1 Å². The molecule has 3 rings (SSSR count). The molecule has 0 amide bonds. The van der Waals surface area contributed by atoms with Crippen LogP contribution in [-0.2, 0) is 24.8 Å². The molecule has 4 N–H and O–H groups in total. The minimum atomic E-state index is -0.336. The van der Waals surface area contributed by atoms with Crippen molar-refractivity contribution >= 4 is 17.6 Å². The van der Waals surface area contributed by atoms with Gasteiger partial charge in [-0.25, -0.2) is 9.78 Å². The molecule has 170 valence electrons. The summed E-state index contributed by atoms with van der Waals surface area (Å²) in [5.74, 6) is 1.10. The first-order valence-electron chi connectivity index (χ1n) is 10.6. The van der Waals surface area contributed by atoms with Crippen LogP contribution < -0.4 is 16.4 Å². The maximum absolute atomic E-state index is 12.3. The Morgan fingerprint density at radius 3 is 2.69 bits per heavy atom. The highest BCUT2D eigenvalue weighted by Crippen LogP contribution is 2.34. The predicted octanol–water partition coefficient (Wildman–Crippen LogP) is 3.27. The quantitative estimate of drug-likeness (QED) is 0.465. The number of aryl methyl sites for hydroxylation is 2. The smallest absolute Gasteiger partial charge is 0.338 e. The topological polar surface area (TPSA) is 107 Å². The van der Waals surface area contributed by atoms with Crippen LogP contribution in [0.5, 0.6) is 0 Å². The van der Waals surface area contributed by atoms with Crippen molar-refractivity contribution in [2.24, 2.45) is 7.05 Å². The fourth-order valence-corrected chi connectivity index (χ4v) is 4.11. The van der Waals surface area contributed by atoms with E-state index in [0.29, 0.717) is 24.3 Å². The molecule has 0 radical (unpaired) electrons. The van der Waals surface area contributed by atoms with Crippen molar-refractivity contribution in [1.82, 2.24) is 20.1 Å². The van der Waals surface area contributed by atoms with Gasteiger partial charge < -0.3 is 21.1 Å². The van der Waals surface area contributed by atoms with Gasteiger partial charge in [0.15, 0.2) is 0 Å². The number of nitrogen functional groups attached to an aromatic ring is 1. The molecule has 3 aromatic rings. The largest absolute Gasteiger partial charge is 0.465 e. The third kappa shape index (κ3) is 4.60. The highest BCUT2D eigenvalue weighted by Gasteiger charge is 2.21. The van der Waals surface area contributed by atoms with E-state index in [9.17, 15) is 4.79 Å². The lowest BCUT2D eigenvalue weighted by Gasteiger charge is -2.18. The molecule has 0 aliphatic rings. The SMILES string of the molecule is CNCc1nn(C)c(NC)c1-c1cnc(N)c(CC(C)c2cc(C)ccc2C(=O)OC)c1. The Morgan fingerprint density at radius 1 is 1.28 bits per heavy atom. The Bertz CT molecular complexity index is 1120. The number of nitrogens with one attached hydrogen (secondary N) is 2. The number of rotatable bonds is 8. The van der Waals surface area contributed by atoms with E-state index < -0.39 is 0 Å². The fourth-order valence-electron chi connectivity index (χ4n) is 4.11. The number of pyridine rings is 1. The van der Waals surface area contributed by atoms with Crippen LogP contribution in [0.4, 0.5) is 11.6 Å². The van der Waals surface area contributed by atoms with Crippen LogP contribution in [0.15, 0.2) is 30.5 Å². The molecule has 1 aromatic carbocycles. The number of carbonyl (C=O) groups excluding carboxylic acids is 1. The van der Waals surface area contributed by atoms with Crippen molar-refractivity contribution in [2.75, 3.05) is 32.3 Å². The van der Waals surface area contributed by atoms with Gasteiger partial charge in [0.25, 0.3) is 0 Å². The molecule has 0 aliphatic heterocycles. The number of hydrogen-bond acceptors (Lipinski definition) is 7. The van der Waals surface area contributed by atoms with Gasteiger partial charge >= 0.3 is 5.97 Å². The van der Waals surface area contributed by atoms with Crippen molar-refractivity contribution in [3.63, 3.8) is 0 Å². The van der Waals surface area contributed by atoms with E-state index >= 15 is 0 Å². The van der Waals surface area contributed by atoms with E-state index in [-0.39, 0.29) is 11.9 Å². The van der Waals surface area contributed by atoms with Gasteiger partial charge in [-0.15, -0.1) is 0 Å². The van der Waals surface area contributed by atoms with Crippen molar-refractivity contribution in [3.8, 4) is 11.1 Å². The maximum atomic E-state index is 12.3. The van der Waals surface area contributed by atoms with Crippen LogP contribution in [0.1, 0.15) is 45.6 Å². The highest BCUT2D eigenvalue weighted by atomic mass is 16.5. The molecule has 1 unspecified atom stereocenters. The van der Waals surface area contributed by atoms with Crippen molar-refractivity contribution in [2.45, 2.75) is 32.7 Å². The lowest BCUT2D eigenvalue weighted by Crippen LogP contribution is -2.11. The minimum absolute atomic E-state index is 0.0396. The van der Waals surface area contributed by atoms with Gasteiger partial charge in [0, 0.05) is 38.0 Å². The van der Waals surface area contributed by atoms with Gasteiger partial charge in [-0.05, 0) is 49.6 Å².